The number of carbonyl (C=O) groups is 3. The van der Waals surface area contributed by atoms with Gasteiger partial charge in [-0.15, -0.1) is 0 Å². The molecule has 9 heteroatoms. The van der Waals surface area contributed by atoms with Gasteiger partial charge in [0.05, 0.1) is 18.2 Å². The summed E-state index contributed by atoms with van der Waals surface area (Å²) in [5.74, 6) is -3.12. The lowest BCUT2D eigenvalue weighted by Gasteiger charge is -2.27. The van der Waals surface area contributed by atoms with E-state index in [4.69, 9.17) is 0 Å². The molecule has 0 aliphatic carbocycles. The lowest BCUT2D eigenvalue weighted by Crippen LogP contribution is -2.48. The summed E-state index contributed by atoms with van der Waals surface area (Å²) >= 11 is 0. The molecule has 0 saturated carbocycles. The van der Waals surface area contributed by atoms with Crippen molar-refractivity contribution in [1.82, 2.24) is 4.90 Å². The molecule has 1 aliphatic heterocycles. The Kier molecular flexibility index (Phi) is 3.76. The van der Waals surface area contributed by atoms with Gasteiger partial charge in [0.25, 0.3) is 11.8 Å². The molecule has 0 aromatic heterocycles. The van der Waals surface area contributed by atoms with Crippen molar-refractivity contribution in [3.63, 3.8) is 0 Å². The highest BCUT2D eigenvalue weighted by Crippen LogP contribution is 2.29. The third-order valence-corrected chi connectivity index (χ3v) is 3.10. The molecule has 0 N–H and O–H groups in total. The van der Waals surface area contributed by atoms with E-state index in [1.807, 2.05) is 0 Å². The number of hydrogen-bond donors (Lipinski definition) is 0. The van der Waals surface area contributed by atoms with Crippen molar-refractivity contribution in [3.05, 3.63) is 35.4 Å². The fraction of sp³-hybridized carbons (Fsp3) is 0.250. The number of ether oxygens (including phenoxy) is 1. The maximum absolute atomic E-state index is 12.6. The predicted molar refractivity (Wildman–Crippen MR) is 66.6 cm³/mol. The molecule has 0 fully saturated rings. The lowest BCUT2D eigenvalue weighted by molar-refractivity contribution is -0.144. The Bertz CT molecular complexity index is 582. The summed E-state index contributed by atoms with van der Waals surface area (Å²) < 4.78 is 42.2. The van der Waals surface area contributed by atoms with Gasteiger partial charge in [-0.05, 0) is 12.1 Å². The number of halogens is 3. The number of methoxy groups -OCH3 is 1. The van der Waals surface area contributed by atoms with Gasteiger partial charge in [-0.1, -0.05) is 18.5 Å². The van der Waals surface area contributed by atoms with Gasteiger partial charge >= 0.3 is 12.9 Å². The number of carbonyl (C=O) groups excluding carboxylic acids is 3. The summed E-state index contributed by atoms with van der Waals surface area (Å²) in [5.41, 5.74) is -0.0443. The van der Waals surface area contributed by atoms with Crippen LogP contribution in [0.3, 0.4) is 0 Å². The number of amides is 2. The first kappa shape index (κ1) is 15.1. The molecular weight excluding hydrogens is 290 g/mol. The van der Waals surface area contributed by atoms with Gasteiger partial charge in [-0.25, -0.2) is 4.79 Å². The van der Waals surface area contributed by atoms with Crippen molar-refractivity contribution in [2.24, 2.45) is 0 Å². The molecule has 1 atom stereocenters. The number of hydrogen-bond acceptors (Lipinski definition) is 4. The van der Waals surface area contributed by atoms with Gasteiger partial charge in [0.1, 0.15) is 6.04 Å². The Morgan fingerprint density at radius 1 is 1.19 bits per heavy atom. The van der Waals surface area contributed by atoms with E-state index in [1.54, 1.807) is 0 Å². The van der Waals surface area contributed by atoms with E-state index in [9.17, 15) is 27.3 Å². The van der Waals surface area contributed by atoms with E-state index in [1.165, 1.54) is 24.3 Å². The number of rotatable bonds is 4. The Hall–Kier alpha value is -2.32. The molecule has 1 aromatic carbocycles. The average molecular weight is 300 g/mol. The Balaban J connectivity index is 2.41. The van der Waals surface area contributed by atoms with E-state index in [0.29, 0.717) is 4.90 Å². The highest BCUT2D eigenvalue weighted by atomic mass is 19.4. The zero-order valence-corrected chi connectivity index (χ0v) is 10.9. The van der Waals surface area contributed by atoms with Crippen LogP contribution >= 0.6 is 0 Å². The number of fused-ring (bicyclic) bond motifs is 1. The molecular formula is C12H10BF3NO4-. The average Bonchev–Trinajstić information content (AvgIpc) is 2.67. The van der Waals surface area contributed by atoms with Gasteiger partial charge in [0, 0.05) is 0 Å². The van der Waals surface area contributed by atoms with Crippen LogP contribution in [0.1, 0.15) is 20.7 Å². The lowest BCUT2D eigenvalue weighted by atomic mass is 9.81. The summed E-state index contributed by atoms with van der Waals surface area (Å²) in [6, 6.07) is 3.61. The minimum Gasteiger partial charge on any atom is -0.468 e. The van der Waals surface area contributed by atoms with Crippen LogP contribution in [0, 0.1) is 0 Å². The first-order valence-corrected chi connectivity index (χ1v) is 6.02. The van der Waals surface area contributed by atoms with E-state index < -0.39 is 37.1 Å². The Morgan fingerprint density at radius 3 is 2.05 bits per heavy atom. The van der Waals surface area contributed by atoms with Crippen molar-refractivity contribution in [2.75, 3.05) is 7.11 Å². The molecule has 0 radical (unpaired) electrons. The van der Waals surface area contributed by atoms with Crippen LogP contribution in [0.15, 0.2) is 24.3 Å². The van der Waals surface area contributed by atoms with Crippen LogP contribution in [0.2, 0.25) is 6.32 Å². The van der Waals surface area contributed by atoms with Crippen LogP contribution in [-0.2, 0) is 9.53 Å². The second-order valence-corrected chi connectivity index (χ2v) is 4.51. The van der Waals surface area contributed by atoms with Crippen molar-refractivity contribution < 1.29 is 32.1 Å². The van der Waals surface area contributed by atoms with Crippen LogP contribution in [0.5, 0.6) is 0 Å². The summed E-state index contributed by atoms with van der Waals surface area (Å²) in [4.78, 5) is 36.1. The van der Waals surface area contributed by atoms with Crippen molar-refractivity contribution in [1.29, 1.82) is 0 Å². The highest BCUT2D eigenvalue weighted by molar-refractivity contribution is 6.59. The second-order valence-electron chi connectivity index (χ2n) is 4.51. The topological polar surface area (TPSA) is 63.7 Å². The van der Waals surface area contributed by atoms with E-state index in [2.05, 4.69) is 4.74 Å². The van der Waals surface area contributed by atoms with Crippen LogP contribution < -0.4 is 0 Å². The smallest absolute Gasteiger partial charge is 0.468 e. The number of esters is 1. The van der Waals surface area contributed by atoms with Crippen LogP contribution in [0.4, 0.5) is 12.9 Å². The SMILES string of the molecule is COC(=O)C(C[B-](F)(F)F)N1C(=O)c2ccccc2C1=O. The summed E-state index contributed by atoms with van der Waals surface area (Å²) in [7, 11) is 0.900. The highest BCUT2D eigenvalue weighted by Gasteiger charge is 2.45. The normalized spacial score (nSPS) is 15.9. The van der Waals surface area contributed by atoms with Gasteiger partial charge in [-0.2, -0.15) is 0 Å². The van der Waals surface area contributed by atoms with Gasteiger partial charge in [0.2, 0.25) is 0 Å². The standard InChI is InChI=1S/C12H10BF3NO4/c1-21-12(20)9(6-13(14,15)16)17-10(18)7-4-2-3-5-8(7)11(17)19/h2-5,9H,6H2,1H3/q-1. The minimum absolute atomic E-state index is 0.0222. The molecule has 2 rings (SSSR count). The van der Waals surface area contributed by atoms with E-state index >= 15 is 0 Å². The molecule has 1 heterocycles. The first-order chi connectivity index (χ1) is 9.76. The number of benzene rings is 1. The molecule has 0 spiro atoms. The number of nitrogens with zero attached hydrogens (tertiary/aromatic N) is 1. The summed E-state index contributed by atoms with van der Waals surface area (Å²) in [6.07, 6.45) is -1.59. The van der Waals surface area contributed by atoms with Gasteiger partial charge < -0.3 is 17.7 Å². The van der Waals surface area contributed by atoms with Crippen molar-refractivity contribution >= 4 is 24.8 Å². The van der Waals surface area contributed by atoms with Gasteiger partial charge in [-0.3, -0.25) is 14.5 Å². The summed E-state index contributed by atoms with van der Waals surface area (Å²) in [5, 5.41) is 0. The Labute approximate surface area is 117 Å². The minimum atomic E-state index is -5.38. The molecule has 0 bridgehead atoms. The molecule has 1 aliphatic rings. The largest absolute Gasteiger partial charge is 0.480 e. The quantitative estimate of drug-likeness (QED) is 0.482. The summed E-state index contributed by atoms with van der Waals surface area (Å²) in [6.45, 7) is -5.38. The zero-order chi connectivity index (χ0) is 15.8. The number of imide groups is 1. The molecule has 1 aromatic rings. The zero-order valence-electron chi connectivity index (χ0n) is 10.9. The fourth-order valence-corrected chi connectivity index (χ4v) is 2.19. The second kappa shape index (κ2) is 5.23. The maximum atomic E-state index is 12.6. The third-order valence-electron chi connectivity index (χ3n) is 3.10. The first-order valence-electron chi connectivity index (χ1n) is 6.02. The molecule has 0 saturated heterocycles. The van der Waals surface area contributed by atoms with Gasteiger partial charge in [0.15, 0.2) is 0 Å². The molecule has 2 amide bonds. The molecule has 112 valence electrons. The van der Waals surface area contributed by atoms with Crippen molar-refractivity contribution in [2.45, 2.75) is 12.4 Å². The van der Waals surface area contributed by atoms with Crippen molar-refractivity contribution in [3.8, 4) is 0 Å². The Morgan fingerprint density at radius 2 is 1.67 bits per heavy atom. The van der Waals surface area contributed by atoms with Crippen LogP contribution in [-0.4, -0.2) is 42.8 Å². The third kappa shape index (κ3) is 2.76. The predicted octanol–water partition coefficient (Wildman–Crippen LogP) is 1.67. The van der Waals surface area contributed by atoms with E-state index in [0.717, 1.165) is 7.11 Å². The monoisotopic (exact) mass is 300 g/mol. The molecule has 21 heavy (non-hydrogen) atoms. The van der Waals surface area contributed by atoms with E-state index in [-0.39, 0.29) is 11.1 Å². The molecule has 1 unspecified atom stereocenters. The van der Waals surface area contributed by atoms with Crippen LogP contribution in [0.25, 0.3) is 0 Å². The fourth-order valence-electron chi connectivity index (χ4n) is 2.19. The molecule has 5 nitrogen and oxygen atoms in total. The maximum Gasteiger partial charge on any atom is 0.480 e.